The maximum Gasteiger partial charge on any atom is 0.315 e. The Morgan fingerprint density at radius 2 is 2.18 bits per heavy atom. The first kappa shape index (κ1) is 10.3. The topological polar surface area (TPSA) is 83.6 Å². The molecule has 0 rings (SSSR count). The molecule has 0 spiro atoms. The molecule has 0 aliphatic rings. The van der Waals surface area contributed by atoms with Crippen molar-refractivity contribution in [3.05, 3.63) is 10.1 Å². The quantitative estimate of drug-likeness (QED) is 0.350. The standard InChI is InChI=1S/C6H13NO4/c1-3-6(2,9)4-5(8)7(10)11/h5,8-9H,3-4H2,1-2H3. The molecule has 0 fully saturated rings. The highest BCUT2D eigenvalue weighted by Gasteiger charge is 2.28. The summed E-state index contributed by atoms with van der Waals surface area (Å²) in [6.45, 7) is 3.16. The van der Waals surface area contributed by atoms with Gasteiger partial charge in [-0.1, -0.05) is 6.92 Å². The van der Waals surface area contributed by atoms with Gasteiger partial charge in [-0.2, -0.15) is 0 Å². The fraction of sp³-hybridized carbons (Fsp3) is 1.00. The minimum atomic E-state index is -1.66. The van der Waals surface area contributed by atoms with Gasteiger partial charge in [0.15, 0.2) is 0 Å². The predicted molar refractivity (Wildman–Crippen MR) is 38.5 cm³/mol. The van der Waals surface area contributed by atoms with E-state index in [0.29, 0.717) is 6.42 Å². The van der Waals surface area contributed by atoms with Crippen molar-refractivity contribution in [2.45, 2.75) is 38.5 Å². The zero-order valence-corrected chi connectivity index (χ0v) is 6.65. The van der Waals surface area contributed by atoms with Gasteiger partial charge in [-0.3, -0.25) is 10.1 Å². The van der Waals surface area contributed by atoms with Crippen LogP contribution in [0.15, 0.2) is 0 Å². The minimum absolute atomic E-state index is 0.226. The van der Waals surface area contributed by atoms with E-state index in [9.17, 15) is 15.2 Å². The average molecular weight is 163 g/mol. The fourth-order valence-corrected chi connectivity index (χ4v) is 0.612. The van der Waals surface area contributed by atoms with Crippen LogP contribution in [-0.4, -0.2) is 27.0 Å². The number of aliphatic hydroxyl groups is 2. The molecule has 0 heterocycles. The zero-order chi connectivity index (χ0) is 9.07. The molecule has 0 aromatic heterocycles. The summed E-state index contributed by atoms with van der Waals surface area (Å²) in [6.07, 6.45) is -1.50. The van der Waals surface area contributed by atoms with E-state index in [2.05, 4.69) is 0 Å². The molecule has 66 valence electrons. The second kappa shape index (κ2) is 3.64. The summed E-state index contributed by atoms with van der Waals surface area (Å²) < 4.78 is 0. The Morgan fingerprint density at radius 1 is 1.73 bits per heavy atom. The molecular formula is C6H13NO4. The Labute approximate surface area is 64.8 Å². The van der Waals surface area contributed by atoms with Gasteiger partial charge in [-0.25, -0.2) is 0 Å². The Bertz CT molecular complexity index is 146. The molecule has 5 heteroatoms. The lowest BCUT2D eigenvalue weighted by Crippen LogP contribution is -2.33. The van der Waals surface area contributed by atoms with Gasteiger partial charge in [-0.05, 0) is 13.3 Å². The van der Waals surface area contributed by atoms with Crippen LogP contribution in [-0.2, 0) is 0 Å². The molecule has 0 amide bonds. The van der Waals surface area contributed by atoms with Gasteiger partial charge >= 0.3 is 6.23 Å². The first-order chi connectivity index (χ1) is 4.89. The summed E-state index contributed by atoms with van der Waals surface area (Å²) in [5.41, 5.74) is -1.15. The summed E-state index contributed by atoms with van der Waals surface area (Å²) in [4.78, 5) is 9.12. The van der Waals surface area contributed by atoms with Gasteiger partial charge in [-0.15, -0.1) is 0 Å². The van der Waals surface area contributed by atoms with E-state index in [4.69, 9.17) is 5.11 Å². The lowest BCUT2D eigenvalue weighted by molar-refractivity contribution is -0.574. The van der Waals surface area contributed by atoms with Crippen molar-refractivity contribution in [3.8, 4) is 0 Å². The lowest BCUT2D eigenvalue weighted by atomic mass is 9.99. The van der Waals surface area contributed by atoms with Crippen LogP contribution in [0.2, 0.25) is 0 Å². The van der Waals surface area contributed by atoms with E-state index in [0.717, 1.165) is 0 Å². The molecule has 2 N–H and O–H groups in total. The molecule has 0 aromatic carbocycles. The van der Waals surface area contributed by atoms with Crippen LogP contribution in [0, 0.1) is 10.1 Å². The normalized spacial score (nSPS) is 18.9. The number of nitro groups is 1. The van der Waals surface area contributed by atoms with Crippen molar-refractivity contribution in [2.24, 2.45) is 0 Å². The van der Waals surface area contributed by atoms with Crippen molar-refractivity contribution >= 4 is 0 Å². The number of hydrogen-bond donors (Lipinski definition) is 2. The summed E-state index contributed by atoms with van der Waals surface area (Å²) in [6, 6.07) is 0. The van der Waals surface area contributed by atoms with Gasteiger partial charge in [0.25, 0.3) is 0 Å². The SMILES string of the molecule is CCC(C)(O)CC(O)[N+](=O)[O-]. The minimum Gasteiger partial charge on any atom is -0.390 e. The van der Waals surface area contributed by atoms with E-state index in [1.165, 1.54) is 6.92 Å². The van der Waals surface area contributed by atoms with Crippen LogP contribution in [0.25, 0.3) is 0 Å². The van der Waals surface area contributed by atoms with Gasteiger partial charge < -0.3 is 10.2 Å². The number of hydrogen-bond acceptors (Lipinski definition) is 4. The summed E-state index contributed by atoms with van der Waals surface area (Å²) in [5.74, 6) is 0. The van der Waals surface area contributed by atoms with Crippen LogP contribution in [0.5, 0.6) is 0 Å². The number of aliphatic hydroxyl groups excluding tert-OH is 1. The molecule has 5 nitrogen and oxygen atoms in total. The van der Waals surface area contributed by atoms with Crippen molar-refractivity contribution < 1.29 is 15.1 Å². The third-order valence-corrected chi connectivity index (χ3v) is 1.63. The maximum absolute atomic E-state index is 9.94. The van der Waals surface area contributed by atoms with Crippen molar-refractivity contribution in [2.75, 3.05) is 0 Å². The van der Waals surface area contributed by atoms with E-state index >= 15 is 0 Å². The summed E-state index contributed by atoms with van der Waals surface area (Å²) in [5, 5.41) is 27.9. The van der Waals surface area contributed by atoms with Gasteiger partial charge in [0.2, 0.25) is 0 Å². The number of nitrogens with zero attached hydrogens (tertiary/aromatic N) is 1. The molecule has 0 aliphatic carbocycles. The lowest BCUT2D eigenvalue weighted by Gasteiger charge is -2.20. The highest BCUT2D eigenvalue weighted by Crippen LogP contribution is 2.15. The Kier molecular flexibility index (Phi) is 3.41. The molecule has 0 radical (unpaired) electrons. The zero-order valence-electron chi connectivity index (χ0n) is 6.65. The van der Waals surface area contributed by atoms with Crippen LogP contribution < -0.4 is 0 Å². The molecular weight excluding hydrogens is 150 g/mol. The highest BCUT2D eigenvalue weighted by atomic mass is 16.7. The van der Waals surface area contributed by atoms with Crippen molar-refractivity contribution in [1.82, 2.24) is 0 Å². The Morgan fingerprint density at radius 3 is 2.45 bits per heavy atom. The van der Waals surface area contributed by atoms with Crippen LogP contribution >= 0.6 is 0 Å². The molecule has 11 heavy (non-hydrogen) atoms. The van der Waals surface area contributed by atoms with E-state index in [-0.39, 0.29) is 6.42 Å². The Hall–Kier alpha value is -0.680. The number of rotatable bonds is 4. The molecule has 2 unspecified atom stereocenters. The third kappa shape index (κ3) is 3.90. The average Bonchev–Trinajstić information content (AvgIpc) is 1.87. The van der Waals surface area contributed by atoms with Gasteiger partial charge in [0, 0.05) is 0 Å². The smallest absolute Gasteiger partial charge is 0.315 e. The highest BCUT2D eigenvalue weighted by molar-refractivity contribution is 4.70. The van der Waals surface area contributed by atoms with Crippen LogP contribution in [0.1, 0.15) is 26.7 Å². The van der Waals surface area contributed by atoms with E-state index in [1.807, 2.05) is 0 Å². The molecule has 0 saturated heterocycles. The molecule has 0 bridgehead atoms. The molecule has 0 saturated carbocycles. The van der Waals surface area contributed by atoms with Gasteiger partial charge in [0.1, 0.15) is 0 Å². The molecule has 0 aromatic rings. The second-order valence-corrected chi connectivity index (χ2v) is 2.82. The summed E-state index contributed by atoms with van der Waals surface area (Å²) >= 11 is 0. The fourth-order valence-electron chi connectivity index (χ4n) is 0.612. The van der Waals surface area contributed by atoms with Crippen LogP contribution in [0.3, 0.4) is 0 Å². The largest absolute Gasteiger partial charge is 0.390 e. The predicted octanol–water partition coefficient (Wildman–Crippen LogP) is 0.133. The monoisotopic (exact) mass is 163 g/mol. The van der Waals surface area contributed by atoms with E-state index in [1.54, 1.807) is 6.92 Å². The van der Waals surface area contributed by atoms with E-state index < -0.39 is 16.8 Å². The molecule has 2 atom stereocenters. The molecule has 0 aliphatic heterocycles. The Balaban J connectivity index is 3.93. The third-order valence-electron chi connectivity index (χ3n) is 1.63. The second-order valence-electron chi connectivity index (χ2n) is 2.82. The maximum atomic E-state index is 9.94. The van der Waals surface area contributed by atoms with Crippen molar-refractivity contribution in [1.29, 1.82) is 0 Å². The first-order valence-corrected chi connectivity index (χ1v) is 3.43. The first-order valence-electron chi connectivity index (χ1n) is 3.43. The van der Waals surface area contributed by atoms with Gasteiger partial charge in [0.05, 0.1) is 16.9 Å². The van der Waals surface area contributed by atoms with Crippen molar-refractivity contribution in [3.63, 3.8) is 0 Å². The summed E-state index contributed by atoms with van der Waals surface area (Å²) in [7, 11) is 0. The van der Waals surface area contributed by atoms with Crippen LogP contribution in [0.4, 0.5) is 0 Å².